The zero-order valence-electron chi connectivity index (χ0n) is 75.6. The summed E-state index contributed by atoms with van der Waals surface area (Å²) in [5, 5.41) is 4.78. The number of para-hydroxylation sites is 3. The Balaban J connectivity index is 0.539. The van der Waals surface area contributed by atoms with E-state index in [-0.39, 0.29) is 105 Å². The molecule has 0 N–H and O–H groups in total. The van der Waals surface area contributed by atoms with Gasteiger partial charge in [0.05, 0.1) is 106 Å². The maximum Gasteiger partial charge on any atom is 0.311 e. The number of hydrogen-bond acceptors (Lipinski definition) is 24. The lowest BCUT2D eigenvalue weighted by molar-refractivity contribution is -0.160. The van der Waals surface area contributed by atoms with Crippen LogP contribution in [-0.4, -0.2) is 149 Å². The van der Waals surface area contributed by atoms with Crippen molar-refractivity contribution in [2.45, 2.75) is 221 Å². The van der Waals surface area contributed by atoms with E-state index in [4.69, 9.17) is 71.8 Å². The van der Waals surface area contributed by atoms with Crippen LogP contribution < -0.4 is 43.1 Å². The van der Waals surface area contributed by atoms with Crippen molar-refractivity contribution in [2.75, 3.05) is 67.4 Å². The van der Waals surface area contributed by atoms with E-state index in [9.17, 15) is 28.8 Å². The quantitative estimate of drug-likeness (QED) is 0.0240. The lowest BCUT2D eigenvalue weighted by Gasteiger charge is -2.48. The molecule has 24 nitrogen and oxygen atoms in total. The number of anilines is 3. The number of benzene rings is 9. The van der Waals surface area contributed by atoms with Crippen LogP contribution in [0.1, 0.15) is 180 Å². The van der Waals surface area contributed by atoms with Gasteiger partial charge in [-0.1, -0.05) is 153 Å². The minimum Gasteiger partial charge on any atom is -0.460 e. The maximum absolute atomic E-state index is 13.5. The molecule has 0 bridgehead atoms. The van der Waals surface area contributed by atoms with Gasteiger partial charge in [0, 0.05) is 52.9 Å². The maximum atomic E-state index is 13.5. The van der Waals surface area contributed by atoms with Gasteiger partial charge in [-0.2, -0.15) is 0 Å². The molecule has 9 aromatic rings. The highest BCUT2D eigenvalue weighted by Crippen LogP contribution is 2.60. The number of carbonyl (C=O) groups excluding carboxylic acids is 6. The second-order valence-electron chi connectivity index (χ2n) is 39.3. The zero-order valence-corrected chi connectivity index (χ0v) is 75.6. The van der Waals surface area contributed by atoms with Crippen LogP contribution >= 0.6 is 0 Å². The van der Waals surface area contributed by atoms with E-state index in [0.717, 1.165) is 54.9 Å². The number of carbonyl (C=O) groups is 6. The highest BCUT2D eigenvalue weighted by atomic mass is 16.6. The summed E-state index contributed by atoms with van der Waals surface area (Å²) in [4.78, 5) is 103. The van der Waals surface area contributed by atoms with Crippen molar-refractivity contribution in [3.8, 4) is 34.5 Å². The van der Waals surface area contributed by atoms with Gasteiger partial charge in [-0.15, -0.1) is 0 Å². The molecule has 15 rings (SSSR count). The topological polar surface area (TPSA) is 260 Å². The summed E-state index contributed by atoms with van der Waals surface area (Å²) in [6.45, 7) is 39.5. The minimum atomic E-state index is -0.922. The van der Waals surface area contributed by atoms with E-state index < -0.39 is 93.7 Å². The molecule has 6 aliphatic heterocycles. The molecule has 0 saturated carbocycles. The van der Waals surface area contributed by atoms with E-state index in [0.29, 0.717) is 53.9 Å². The molecule has 3 spiro atoms. The molecule has 0 aromatic heterocycles. The SMILES string of the molecule is CC(COCC(COCC(C)OC(=O)CCC(=O)Oc1ccc2ccc3c(c2c1)N=CC1(O3)N(CC(C)(C)C)c2ccccc2C1(C)C)OCC(C)OC(=O)CCC(=O)Oc1ccc2ccc3c(c2c1)N=CC1(O3)N(CC(C)(C)C)c2ccccc2C1(C)C)OC(=O)CCC(=O)Oc1ccc2ccc3c(c2c1)N=CC1(O3)N(CC(C)(C)C)c2ccccc2C1(C)C. The third-order valence-electron chi connectivity index (χ3n) is 24.2. The second-order valence-corrected chi connectivity index (χ2v) is 39.3. The predicted octanol–water partition coefficient (Wildman–Crippen LogP) is 19.7. The fraction of sp³-hybridized carbons (Fsp3) is 0.441. The van der Waals surface area contributed by atoms with Crippen LogP contribution in [0.3, 0.4) is 0 Å². The molecule has 6 heterocycles. The van der Waals surface area contributed by atoms with Gasteiger partial charge >= 0.3 is 35.8 Å². The van der Waals surface area contributed by atoms with Crippen molar-refractivity contribution < 1.29 is 85.6 Å². The van der Waals surface area contributed by atoms with Gasteiger partial charge in [0.2, 0.25) is 17.2 Å². The number of aliphatic imine (C=N–C) groups is 3. The van der Waals surface area contributed by atoms with Crippen molar-refractivity contribution in [3.05, 3.63) is 180 Å². The molecular formula is C102H116N6O18. The highest BCUT2D eigenvalue weighted by Gasteiger charge is 2.63. The van der Waals surface area contributed by atoms with Crippen LogP contribution in [0.2, 0.25) is 0 Å². The lowest BCUT2D eigenvalue weighted by atomic mass is 9.77. The molecule has 0 aliphatic carbocycles. The monoisotopic (exact) mass is 1710 g/mol. The van der Waals surface area contributed by atoms with Gasteiger partial charge in [0.1, 0.15) is 76.0 Å². The summed E-state index contributed by atoms with van der Waals surface area (Å²) in [7, 11) is 0. The van der Waals surface area contributed by atoms with Crippen molar-refractivity contribution in [2.24, 2.45) is 31.2 Å². The first-order valence-electron chi connectivity index (χ1n) is 43.7. The Labute approximate surface area is 737 Å². The summed E-state index contributed by atoms with van der Waals surface area (Å²) in [5.74, 6) is -1.33. The van der Waals surface area contributed by atoms with Crippen molar-refractivity contribution in [3.63, 3.8) is 0 Å². The number of fused-ring (bicyclic) bond motifs is 12. The van der Waals surface area contributed by atoms with Crippen molar-refractivity contribution in [1.29, 1.82) is 0 Å². The van der Waals surface area contributed by atoms with Gasteiger partial charge in [-0.25, -0.2) is 0 Å². The van der Waals surface area contributed by atoms with E-state index in [1.165, 1.54) is 11.1 Å². The molecule has 9 aromatic carbocycles. The van der Waals surface area contributed by atoms with E-state index in [1.807, 2.05) is 91.4 Å². The fourth-order valence-corrected chi connectivity index (χ4v) is 18.0. The Morgan fingerprint density at radius 2 is 0.619 bits per heavy atom. The number of esters is 6. The number of hydrogen-bond donors (Lipinski definition) is 0. The largest absolute Gasteiger partial charge is 0.460 e. The van der Waals surface area contributed by atoms with Gasteiger partial charge in [-0.3, -0.25) is 43.7 Å². The molecule has 6 aliphatic rings. The minimum absolute atomic E-state index is 0.0696. The van der Waals surface area contributed by atoms with E-state index >= 15 is 0 Å². The molecular weight excluding hydrogens is 1600 g/mol. The van der Waals surface area contributed by atoms with Crippen LogP contribution in [0.4, 0.5) is 34.1 Å². The second kappa shape index (κ2) is 34.6. The molecule has 126 heavy (non-hydrogen) atoms. The molecule has 0 amide bonds. The predicted molar refractivity (Wildman–Crippen MR) is 488 cm³/mol. The molecule has 0 saturated heterocycles. The average Bonchev–Trinajstić information content (AvgIpc) is 1.54. The first kappa shape index (κ1) is 89.1. The van der Waals surface area contributed by atoms with Crippen LogP contribution in [-0.2, 0) is 73.4 Å². The molecule has 6 unspecified atom stereocenters. The summed E-state index contributed by atoms with van der Waals surface area (Å²) in [6, 6.07) is 52.7. The summed E-state index contributed by atoms with van der Waals surface area (Å²) < 4.78 is 74.2. The Morgan fingerprint density at radius 1 is 0.349 bits per heavy atom. The average molecular weight is 1710 g/mol. The Bertz CT molecular complexity index is 5580. The van der Waals surface area contributed by atoms with Gasteiger partial charge in [-0.05, 0) is 184 Å². The van der Waals surface area contributed by atoms with Gasteiger partial charge < -0.3 is 71.5 Å². The molecule has 6 atom stereocenters. The Morgan fingerprint density at radius 3 is 0.913 bits per heavy atom. The van der Waals surface area contributed by atoms with Crippen LogP contribution in [0.15, 0.2) is 179 Å². The van der Waals surface area contributed by atoms with E-state index in [2.05, 4.69) is 173 Å². The molecule has 24 heteroatoms. The molecule has 662 valence electrons. The van der Waals surface area contributed by atoms with Gasteiger partial charge in [0.15, 0.2) is 0 Å². The lowest BCUT2D eigenvalue weighted by Crippen LogP contribution is -2.63. The van der Waals surface area contributed by atoms with E-state index in [1.54, 1.807) is 57.2 Å². The molecule has 0 fully saturated rings. The number of ether oxygens (including phenoxy) is 12. The zero-order chi connectivity index (χ0) is 89.8. The standard InChI is InChI=1S/C102H116N6O18/c1-63(118-85(109)43-46-88(112)121-69-37-31-66-34-40-82-91(73(66)49-69)103-57-100(124-82)97(13,14)76-25-19-22-28-79(76)106(100)60-94(4,5)6)52-115-55-72(117-54-65(3)120-87(111)45-48-90(114)123-71-39-33-68-36-42-84-93(75(68)51-71)105-59-102(126-84)99(17,18)78-27-21-24-30-81(78)108(102)62-96(10,11)12)56-116-53-64(2)119-86(110)44-47-89(113)122-70-38-32-67-35-41-83-92(74(67)50-70)104-58-101(125-83)98(15,16)77-26-20-23-29-80(77)107(101)61-95(7,8)9/h19-42,49-51,57-59,63-65,72H,43-48,52-56,60-62H2,1-18H3. The summed E-state index contributed by atoms with van der Waals surface area (Å²) in [6.07, 6.45) is 0.856. The summed E-state index contributed by atoms with van der Waals surface area (Å²) in [5.41, 5.74) is 4.21. The van der Waals surface area contributed by atoms with Gasteiger partial charge in [0.25, 0.3) is 0 Å². The van der Waals surface area contributed by atoms with Crippen molar-refractivity contribution in [1.82, 2.24) is 0 Å². The van der Waals surface area contributed by atoms with Crippen LogP contribution in [0.5, 0.6) is 34.5 Å². The normalized spacial score (nSPS) is 19.8. The fourth-order valence-electron chi connectivity index (χ4n) is 18.0. The summed E-state index contributed by atoms with van der Waals surface area (Å²) >= 11 is 0. The van der Waals surface area contributed by atoms with Crippen LogP contribution in [0.25, 0.3) is 32.3 Å². The first-order chi connectivity index (χ1) is 59.6. The van der Waals surface area contributed by atoms with Crippen molar-refractivity contribution >= 4 is 121 Å². The number of nitrogens with zero attached hydrogens (tertiary/aromatic N) is 6. The molecule has 0 radical (unpaired) electrons. The number of rotatable bonds is 29. The highest BCUT2D eigenvalue weighted by molar-refractivity contribution is 6.04. The smallest absolute Gasteiger partial charge is 0.311 e. The Kier molecular flexibility index (Phi) is 24.4. The third-order valence-corrected chi connectivity index (χ3v) is 24.2. The van der Waals surface area contributed by atoms with Crippen LogP contribution in [0, 0.1) is 16.2 Å². The Hall–Kier alpha value is -11.7. The first-order valence-corrected chi connectivity index (χ1v) is 43.7. The third kappa shape index (κ3) is 18.0.